The zero-order valence-electron chi connectivity index (χ0n) is 8.09. The number of carbonyl (C=O) groups excluding carboxylic acids is 1. The van der Waals surface area contributed by atoms with E-state index in [0.29, 0.717) is 10.7 Å². The predicted octanol–water partition coefficient (Wildman–Crippen LogP) is 2.61. The summed E-state index contributed by atoms with van der Waals surface area (Å²) in [6.45, 7) is -0.185. The molecule has 0 spiro atoms. The van der Waals surface area contributed by atoms with Crippen molar-refractivity contribution < 1.29 is 4.79 Å². The summed E-state index contributed by atoms with van der Waals surface area (Å²) in [5.41, 5.74) is 8.78. The number of azide groups is 1. The Hall–Kier alpha value is -1.71. The van der Waals surface area contributed by atoms with E-state index >= 15 is 0 Å². The lowest BCUT2D eigenvalue weighted by atomic mass is 10.3. The highest BCUT2D eigenvalue weighted by atomic mass is 35.5. The predicted molar refractivity (Wildman–Crippen MR) is 58.9 cm³/mol. The zero-order chi connectivity index (χ0) is 11.3. The van der Waals surface area contributed by atoms with Crippen LogP contribution >= 0.6 is 11.6 Å². The first-order chi connectivity index (χ1) is 7.15. The molecule has 0 aromatic heterocycles. The van der Waals surface area contributed by atoms with Crippen molar-refractivity contribution in [1.29, 1.82) is 0 Å². The largest absolute Gasteiger partial charge is 0.315 e. The molecular formula is C9H9ClN4O. The lowest BCUT2D eigenvalue weighted by Crippen LogP contribution is -2.28. The first kappa shape index (κ1) is 11.4. The van der Waals surface area contributed by atoms with Gasteiger partial charge in [-0.25, -0.2) is 0 Å². The van der Waals surface area contributed by atoms with E-state index in [1.165, 1.54) is 4.90 Å². The van der Waals surface area contributed by atoms with Gasteiger partial charge in [0.05, 0.1) is 0 Å². The van der Waals surface area contributed by atoms with E-state index in [9.17, 15) is 4.79 Å². The Labute approximate surface area is 91.9 Å². The number of nitrogens with zero attached hydrogens (tertiary/aromatic N) is 4. The van der Waals surface area contributed by atoms with Crippen LogP contribution in [-0.2, 0) is 4.79 Å². The van der Waals surface area contributed by atoms with Crippen LogP contribution in [0.1, 0.15) is 0 Å². The Morgan fingerprint density at radius 2 is 2.13 bits per heavy atom. The highest BCUT2D eigenvalue weighted by molar-refractivity contribution is 6.30. The van der Waals surface area contributed by atoms with Crippen molar-refractivity contribution in [3.05, 3.63) is 39.7 Å². The fourth-order valence-corrected chi connectivity index (χ4v) is 1.13. The van der Waals surface area contributed by atoms with Gasteiger partial charge < -0.3 is 4.90 Å². The Bertz CT molecular complexity index is 397. The second kappa shape index (κ2) is 5.24. The molecule has 1 amide bonds. The fraction of sp³-hybridized carbons (Fsp3) is 0.222. The van der Waals surface area contributed by atoms with Gasteiger partial charge in [-0.1, -0.05) is 16.7 Å². The highest BCUT2D eigenvalue weighted by Gasteiger charge is 2.08. The summed E-state index contributed by atoms with van der Waals surface area (Å²) in [4.78, 5) is 15.3. The van der Waals surface area contributed by atoms with Crippen LogP contribution in [0.15, 0.2) is 29.4 Å². The molecule has 0 aliphatic rings. The second-order valence-electron chi connectivity index (χ2n) is 2.82. The number of halogens is 1. The maximum Gasteiger partial charge on any atom is 0.232 e. The molecule has 0 fully saturated rings. The number of amides is 1. The molecule has 0 atom stereocenters. The standard InChI is InChI=1S/C9H9ClN4O/c1-14(9(15)6-12-13-11)8-4-2-7(10)3-5-8/h2-5H,6H2,1H3. The first-order valence-corrected chi connectivity index (χ1v) is 4.56. The molecule has 0 aliphatic heterocycles. The molecule has 1 aromatic carbocycles. The van der Waals surface area contributed by atoms with Crippen molar-refractivity contribution in [2.45, 2.75) is 0 Å². The van der Waals surface area contributed by atoms with Gasteiger partial charge in [0.1, 0.15) is 6.54 Å². The molecule has 0 aliphatic carbocycles. The summed E-state index contributed by atoms with van der Waals surface area (Å²) in [7, 11) is 1.61. The summed E-state index contributed by atoms with van der Waals surface area (Å²) in [6.07, 6.45) is 0. The number of rotatable bonds is 3. The SMILES string of the molecule is CN(C(=O)CN=[N+]=[N-])c1ccc(Cl)cc1. The third kappa shape index (κ3) is 3.16. The first-order valence-electron chi connectivity index (χ1n) is 4.18. The van der Waals surface area contributed by atoms with Gasteiger partial charge >= 0.3 is 0 Å². The lowest BCUT2D eigenvalue weighted by Gasteiger charge is -2.15. The Balaban J connectivity index is 2.75. The monoisotopic (exact) mass is 224 g/mol. The molecule has 0 saturated heterocycles. The van der Waals surface area contributed by atoms with Crippen molar-refractivity contribution in [3.63, 3.8) is 0 Å². The van der Waals surface area contributed by atoms with Gasteiger partial charge in [0, 0.05) is 22.7 Å². The molecular weight excluding hydrogens is 216 g/mol. The van der Waals surface area contributed by atoms with E-state index in [-0.39, 0.29) is 12.5 Å². The fourth-order valence-electron chi connectivity index (χ4n) is 1.01. The van der Waals surface area contributed by atoms with Gasteiger partial charge in [-0.3, -0.25) is 4.79 Å². The van der Waals surface area contributed by atoms with Gasteiger partial charge in [0.2, 0.25) is 5.91 Å². The Kier molecular flexibility index (Phi) is 3.97. The number of likely N-dealkylation sites (N-methyl/N-ethyl adjacent to an activating group) is 1. The summed E-state index contributed by atoms with van der Waals surface area (Å²) in [6, 6.07) is 6.81. The molecule has 0 saturated carbocycles. The van der Waals surface area contributed by atoms with Crippen LogP contribution in [0.4, 0.5) is 5.69 Å². The van der Waals surface area contributed by atoms with Crippen LogP contribution in [0, 0.1) is 0 Å². The third-order valence-corrected chi connectivity index (χ3v) is 2.11. The van der Waals surface area contributed by atoms with Crippen LogP contribution in [0.2, 0.25) is 5.02 Å². The highest BCUT2D eigenvalue weighted by Crippen LogP contribution is 2.16. The topological polar surface area (TPSA) is 69.1 Å². The van der Waals surface area contributed by atoms with E-state index in [4.69, 9.17) is 17.1 Å². The second-order valence-corrected chi connectivity index (χ2v) is 3.25. The molecule has 15 heavy (non-hydrogen) atoms. The maximum absolute atomic E-state index is 11.4. The zero-order valence-corrected chi connectivity index (χ0v) is 8.85. The smallest absolute Gasteiger partial charge is 0.232 e. The number of carbonyl (C=O) groups is 1. The van der Waals surface area contributed by atoms with E-state index < -0.39 is 0 Å². The number of anilines is 1. The average Bonchev–Trinajstić information content (AvgIpc) is 2.26. The summed E-state index contributed by atoms with van der Waals surface area (Å²) >= 11 is 5.71. The Morgan fingerprint density at radius 1 is 1.53 bits per heavy atom. The average molecular weight is 225 g/mol. The molecule has 6 heteroatoms. The van der Waals surface area contributed by atoms with Gasteiger partial charge in [-0.2, -0.15) is 0 Å². The molecule has 1 rings (SSSR count). The van der Waals surface area contributed by atoms with Crippen LogP contribution < -0.4 is 4.90 Å². The molecule has 0 heterocycles. The minimum atomic E-state index is -0.268. The number of hydrogen-bond acceptors (Lipinski definition) is 2. The van der Waals surface area contributed by atoms with Gasteiger partial charge in [-0.15, -0.1) is 0 Å². The van der Waals surface area contributed by atoms with Crippen LogP contribution in [-0.4, -0.2) is 19.5 Å². The molecule has 0 N–H and O–H groups in total. The van der Waals surface area contributed by atoms with Crippen molar-refractivity contribution in [2.24, 2.45) is 5.11 Å². The normalized spacial score (nSPS) is 9.20. The minimum Gasteiger partial charge on any atom is -0.315 e. The summed E-state index contributed by atoms with van der Waals surface area (Å²) in [5.74, 6) is -0.268. The molecule has 78 valence electrons. The summed E-state index contributed by atoms with van der Waals surface area (Å²) < 4.78 is 0. The van der Waals surface area contributed by atoms with Crippen molar-refractivity contribution >= 4 is 23.2 Å². The van der Waals surface area contributed by atoms with Crippen molar-refractivity contribution in [3.8, 4) is 0 Å². The maximum atomic E-state index is 11.4. The quantitative estimate of drug-likeness (QED) is 0.442. The molecule has 0 radical (unpaired) electrons. The van der Waals surface area contributed by atoms with E-state index in [1.54, 1.807) is 31.3 Å². The molecule has 1 aromatic rings. The molecule has 0 unspecified atom stereocenters. The van der Waals surface area contributed by atoms with Gasteiger partial charge in [-0.05, 0) is 29.8 Å². The van der Waals surface area contributed by atoms with Crippen molar-refractivity contribution in [2.75, 3.05) is 18.5 Å². The summed E-state index contributed by atoms with van der Waals surface area (Å²) in [5, 5.41) is 3.81. The van der Waals surface area contributed by atoms with E-state index in [2.05, 4.69) is 10.0 Å². The van der Waals surface area contributed by atoms with E-state index in [1.807, 2.05) is 0 Å². The minimum absolute atomic E-state index is 0.185. The Morgan fingerprint density at radius 3 is 2.67 bits per heavy atom. The number of hydrogen-bond donors (Lipinski definition) is 0. The van der Waals surface area contributed by atoms with Crippen LogP contribution in [0.3, 0.4) is 0 Å². The number of benzene rings is 1. The third-order valence-electron chi connectivity index (χ3n) is 1.86. The van der Waals surface area contributed by atoms with Crippen molar-refractivity contribution in [1.82, 2.24) is 0 Å². The van der Waals surface area contributed by atoms with E-state index in [0.717, 1.165) is 0 Å². The molecule has 0 bridgehead atoms. The van der Waals surface area contributed by atoms with Crippen LogP contribution in [0.25, 0.3) is 10.4 Å². The van der Waals surface area contributed by atoms with Gasteiger partial charge in [0.25, 0.3) is 0 Å². The lowest BCUT2D eigenvalue weighted by molar-refractivity contribution is -0.117. The molecule has 5 nitrogen and oxygen atoms in total. The van der Waals surface area contributed by atoms with Crippen LogP contribution in [0.5, 0.6) is 0 Å². The van der Waals surface area contributed by atoms with Gasteiger partial charge in [0.15, 0.2) is 0 Å².